The molecule has 0 amide bonds. The van der Waals surface area contributed by atoms with Gasteiger partial charge in [0, 0.05) is 15.7 Å². The van der Waals surface area contributed by atoms with E-state index < -0.39 is 5.97 Å². The number of aryl methyl sites for hydroxylation is 2. The lowest BCUT2D eigenvalue weighted by Gasteiger charge is -2.20. The van der Waals surface area contributed by atoms with Gasteiger partial charge in [0.25, 0.3) is 0 Å². The Morgan fingerprint density at radius 3 is 2.58 bits per heavy atom. The number of halogens is 2. The van der Waals surface area contributed by atoms with Gasteiger partial charge in [-0.3, -0.25) is 0 Å². The van der Waals surface area contributed by atoms with Crippen molar-refractivity contribution in [1.82, 2.24) is 4.98 Å². The maximum atomic E-state index is 12.4. The maximum Gasteiger partial charge on any atom is 0.341 e. The molecule has 1 aromatic carbocycles. The highest BCUT2D eigenvalue weighted by Crippen LogP contribution is 2.36. The Morgan fingerprint density at radius 1 is 1.25 bits per heavy atom. The van der Waals surface area contributed by atoms with Crippen LogP contribution in [0.4, 0.5) is 0 Å². The number of nitrogens with zero attached hydrogens (tertiary/aromatic N) is 1. The minimum Gasteiger partial charge on any atom is -0.486 e. The zero-order valence-electron chi connectivity index (χ0n) is 13.2. The van der Waals surface area contributed by atoms with Gasteiger partial charge in [-0.2, -0.15) is 0 Å². The van der Waals surface area contributed by atoms with Crippen molar-refractivity contribution in [1.29, 1.82) is 0 Å². The summed E-state index contributed by atoms with van der Waals surface area (Å²) in [4.78, 5) is 16.5. The number of benzene rings is 1. The Kier molecular flexibility index (Phi) is 4.96. The van der Waals surface area contributed by atoms with Crippen LogP contribution in [0.2, 0.25) is 5.15 Å². The van der Waals surface area contributed by atoms with Crippen LogP contribution < -0.4 is 9.47 Å². The lowest BCUT2D eigenvalue weighted by molar-refractivity contribution is 0.0470. The number of fused-ring (bicyclic) bond motifs is 1. The number of rotatable bonds is 3. The van der Waals surface area contributed by atoms with Crippen molar-refractivity contribution in [2.24, 2.45) is 0 Å². The van der Waals surface area contributed by atoms with E-state index in [1.165, 1.54) is 0 Å². The Labute approximate surface area is 153 Å². The summed E-state index contributed by atoms with van der Waals surface area (Å²) in [6.07, 6.45) is 0. The number of esters is 1. The lowest BCUT2D eigenvalue weighted by atomic mass is 10.1. The van der Waals surface area contributed by atoms with Crippen LogP contribution in [0.15, 0.2) is 22.7 Å². The van der Waals surface area contributed by atoms with Gasteiger partial charge in [0.2, 0.25) is 0 Å². The Balaban J connectivity index is 1.78. The molecule has 2 heterocycles. The SMILES string of the molecule is Cc1cc(C)c(C(=O)OCc2cc3c(cc2Br)OCCO3)c(Cl)n1. The van der Waals surface area contributed by atoms with Gasteiger partial charge in [-0.1, -0.05) is 27.5 Å². The Morgan fingerprint density at radius 2 is 1.92 bits per heavy atom. The van der Waals surface area contributed by atoms with Crippen LogP contribution in [0.1, 0.15) is 27.2 Å². The minimum absolute atomic E-state index is 0.0830. The van der Waals surface area contributed by atoms with Crippen molar-refractivity contribution in [2.75, 3.05) is 13.2 Å². The summed E-state index contributed by atoms with van der Waals surface area (Å²) in [5.74, 6) is 0.804. The average molecular weight is 413 g/mol. The summed E-state index contributed by atoms with van der Waals surface area (Å²) < 4.78 is 17.2. The van der Waals surface area contributed by atoms with E-state index in [0.29, 0.717) is 24.7 Å². The number of carbonyl (C=O) groups excluding carboxylic acids is 1. The van der Waals surface area contributed by atoms with Crippen LogP contribution in [0.25, 0.3) is 0 Å². The molecule has 1 aromatic heterocycles. The highest BCUT2D eigenvalue weighted by molar-refractivity contribution is 9.10. The molecule has 3 rings (SSSR count). The van der Waals surface area contributed by atoms with Crippen molar-refractivity contribution in [3.63, 3.8) is 0 Å². The van der Waals surface area contributed by atoms with Crippen LogP contribution in [0.5, 0.6) is 11.5 Å². The van der Waals surface area contributed by atoms with Gasteiger partial charge in [-0.25, -0.2) is 9.78 Å². The smallest absolute Gasteiger partial charge is 0.341 e. The first-order valence-corrected chi connectivity index (χ1v) is 8.51. The molecule has 1 aliphatic rings. The molecule has 126 valence electrons. The van der Waals surface area contributed by atoms with Crippen LogP contribution in [-0.4, -0.2) is 24.2 Å². The first-order chi connectivity index (χ1) is 11.5. The van der Waals surface area contributed by atoms with Crippen molar-refractivity contribution >= 4 is 33.5 Å². The van der Waals surface area contributed by atoms with Crippen molar-refractivity contribution in [3.8, 4) is 11.5 Å². The molecule has 0 aliphatic carbocycles. The molecule has 2 aromatic rings. The molecule has 0 bridgehead atoms. The van der Waals surface area contributed by atoms with Crippen LogP contribution in [0.3, 0.4) is 0 Å². The molecular formula is C17H15BrClNO4. The molecule has 5 nitrogen and oxygen atoms in total. The molecule has 0 fully saturated rings. The van der Waals surface area contributed by atoms with E-state index in [1.807, 2.05) is 13.0 Å². The van der Waals surface area contributed by atoms with E-state index >= 15 is 0 Å². The molecule has 7 heteroatoms. The fourth-order valence-electron chi connectivity index (χ4n) is 2.47. The van der Waals surface area contributed by atoms with Gasteiger partial charge in [0.15, 0.2) is 11.5 Å². The van der Waals surface area contributed by atoms with Crippen molar-refractivity contribution < 1.29 is 19.0 Å². The minimum atomic E-state index is -0.508. The maximum absolute atomic E-state index is 12.4. The molecule has 1 aliphatic heterocycles. The van der Waals surface area contributed by atoms with Gasteiger partial charge in [-0.05, 0) is 37.6 Å². The van der Waals surface area contributed by atoms with E-state index in [2.05, 4.69) is 20.9 Å². The van der Waals surface area contributed by atoms with E-state index in [-0.39, 0.29) is 17.3 Å². The highest BCUT2D eigenvalue weighted by Gasteiger charge is 2.19. The van der Waals surface area contributed by atoms with Crippen molar-refractivity contribution in [3.05, 3.63) is 50.2 Å². The monoisotopic (exact) mass is 411 g/mol. The largest absolute Gasteiger partial charge is 0.486 e. The summed E-state index contributed by atoms with van der Waals surface area (Å²) >= 11 is 9.53. The fraction of sp³-hybridized carbons (Fsp3) is 0.294. The fourth-order valence-corrected chi connectivity index (χ4v) is 3.26. The topological polar surface area (TPSA) is 57.7 Å². The van der Waals surface area contributed by atoms with Crippen LogP contribution in [-0.2, 0) is 11.3 Å². The number of ether oxygens (including phenoxy) is 3. The zero-order chi connectivity index (χ0) is 17.3. The number of carbonyl (C=O) groups is 1. The molecule has 0 unspecified atom stereocenters. The van der Waals surface area contributed by atoms with Gasteiger partial charge >= 0.3 is 5.97 Å². The molecular weight excluding hydrogens is 398 g/mol. The number of aromatic nitrogens is 1. The van der Waals surface area contributed by atoms with E-state index in [1.54, 1.807) is 19.1 Å². The van der Waals surface area contributed by atoms with Gasteiger partial charge in [-0.15, -0.1) is 0 Å². The molecule has 0 saturated heterocycles. The quantitative estimate of drug-likeness (QED) is 0.557. The first kappa shape index (κ1) is 17.0. The highest BCUT2D eigenvalue weighted by atomic mass is 79.9. The molecule has 0 N–H and O–H groups in total. The number of hydrogen-bond acceptors (Lipinski definition) is 5. The Bertz CT molecular complexity index is 786. The van der Waals surface area contributed by atoms with E-state index in [4.69, 9.17) is 25.8 Å². The number of pyridine rings is 1. The summed E-state index contributed by atoms with van der Waals surface area (Å²) in [7, 11) is 0. The third kappa shape index (κ3) is 3.49. The van der Waals surface area contributed by atoms with Crippen LogP contribution in [0, 0.1) is 13.8 Å². The summed E-state index contributed by atoms with van der Waals surface area (Å²) in [5.41, 5.74) is 2.56. The normalized spacial score (nSPS) is 12.8. The summed E-state index contributed by atoms with van der Waals surface area (Å²) in [5, 5.41) is 0.152. The summed E-state index contributed by atoms with van der Waals surface area (Å²) in [6.45, 7) is 4.72. The van der Waals surface area contributed by atoms with Gasteiger partial charge in [0.05, 0.1) is 5.56 Å². The zero-order valence-corrected chi connectivity index (χ0v) is 15.5. The van der Waals surface area contributed by atoms with Gasteiger partial charge < -0.3 is 14.2 Å². The van der Waals surface area contributed by atoms with Gasteiger partial charge in [0.1, 0.15) is 25.0 Å². The Hall–Kier alpha value is -1.79. The second-order valence-corrected chi connectivity index (χ2v) is 6.62. The van der Waals surface area contributed by atoms with E-state index in [9.17, 15) is 4.79 Å². The van der Waals surface area contributed by atoms with Crippen LogP contribution >= 0.6 is 27.5 Å². The molecule has 0 atom stereocenters. The third-order valence-electron chi connectivity index (χ3n) is 3.57. The van der Waals surface area contributed by atoms with Crippen molar-refractivity contribution in [2.45, 2.75) is 20.5 Å². The lowest BCUT2D eigenvalue weighted by Crippen LogP contribution is -2.16. The first-order valence-electron chi connectivity index (χ1n) is 7.34. The predicted octanol–water partition coefficient (Wildman–Crippen LogP) is 4.24. The third-order valence-corrected chi connectivity index (χ3v) is 4.59. The molecule has 0 radical (unpaired) electrons. The second kappa shape index (κ2) is 6.99. The molecule has 0 spiro atoms. The van der Waals surface area contributed by atoms with E-state index in [0.717, 1.165) is 21.3 Å². The standard InChI is InChI=1S/C17H15BrClNO4/c1-9-5-10(2)20-16(19)15(9)17(21)24-8-11-6-13-14(7-12(11)18)23-4-3-22-13/h5-7H,3-4,8H2,1-2H3. The number of hydrogen-bond donors (Lipinski definition) is 0. The second-order valence-electron chi connectivity index (χ2n) is 5.41. The molecule has 0 saturated carbocycles. The summed E-state index contributed by atoms with van der Waals surface area (Å²) in [6, 6.07) is 5.40. The average Bonchev–Trinajstić information content (AvgIpc) is 2.51. The predicted molar refractivity (Wildman–Crippen MR) is 93.0 cm³/mol. The molecule has 24 heavy (non-hydrogen) atoms.